The predicted molar refractivity (Wildman–Crippen MR) is 81.4 cm³/mol. The van der Waals surface area contributed by atoms with Gasteiger partial charge in [-0.25, -0.2) is 0 Å². The normalized spacial score (nSPS) is 23.6. The Bertz CT molecular complexity index is 404. The highest BCUT2D eigenvalue weighted by Crippen LogP contribution is 2.27. The number of fused-ring (bicyclic) bond motifs is 1. The highest BCUT2D eigenvalue weighted by molar-refractivity contribution is 5.37. The highest BCUT2D eigenvalue weighted by Gasteiger charge is 2.21. The first-order valence-electron chi connectivity index (χ1n) is 7.67. The minimum absolute atomic E-state index is 0.305. The Labute approximate surface area is 121 Å². The summed E-state index contributed by atoms with van der Waals surface area (Å²) in [6.45, 7) is 7.94. The topological polar surface area (TPSA) is 27.7 Å². The maximum absolute atomic E-state index is 5.93. The molecule has 0 saturated carbocycles. The minimum atomic E-state index is 0.305. The van der Waals surface area contributed by atoms with Crippen molar-refractivity contribution in [2.45, 2.75) is 12.5 Å². The number of hydrogen-bond acceptors (Lipinski definition) is 4. The van der Waals surface area contributed by atoms with Crippen molar-refractivity contribution in [2.24, 2.45) is 0 Å². The van der Waals surface area contributed by atoms with Gasteiger partial charge in [0.15, 0.2) is 0 Å². The number of likely N-dealkylation sites (N-methyl/N-ethyl adjacent to an activating group) is 1. The lowest BCUT2D eigenvalue weighted by atomic mass is 10.1. The molecule has 0 radical (unpaired) electrons. The van der Waals surface area contributed by atoms with Gasteiger partial charge in [0.25, 0.3) is 0 Å². The largest absolute Gasteiger partial charge is 0.488 e. The van der Waals surface area contributed by atoms with Gasteiger partial charge < -0.3 is 15.0 Å². The lowest BCUT2D eigenvalue weighted by molar-refractivity contribution is 0.152. The van der Waals surface area contributed by atoms with E-state index in [1.54, 1.807) is 0 Å². The van der Waals surface area contributed by atoms with Crippen LogP contribution in [0.1, 0.15) is 5.56 Å². The Morgan fingerprint density at radius 2 is 2.00 bits per heavy atom. The van der Waals surface area contributed by atoms with E-state index in [0.29, 0.717) is 6.10 Å². The van der Waals surface area contributed by atoms with Crippen LogP contribution in [0, 0.1) is 0 Å². The third-order valence-corrected chi connectivity index (χ3v) is 4.29. The third kappa shape index (κ3) is 3.51. The van der Waals surface area contributed by atoms with E-state index in [-0.39, 0.29) is 0 Å². The number of rotatable bonds is 5. The van der Waals surface area contributed by atoms with Crippen molar-refractivity contribution in [3.8, 4) is 5.75 Å². The second-order valence-electron chi connectivity index (χ2n) is 5.90. The van der Waals surface area contributed by atoms with Gasteiger partial charge >= 0.3 is 0 Å². The van der Waals surface area contributed by atoms with Crippen molar-refractivity contribution in [1.29, 1.82) is 0 Å². The lowest BCUT2D eigenvalue weighted by Crippen LogP contribution is -2.47. The third-order valence-electron chi connectivity index (χ3n) is 4.29. The van der Waals surface area contributed by atoms with E-state index >= 15 is 0 Å². The molecule has 2 aliphatic heterocycles. The summed E-state index contributed by atoms with van der Waals surface area (Å²) in [6, 6.07) is 8.37. The van der Waals surface area contributed by atoms with E-state index in [2.05, 4.69) is 40.4 Å². The van der Waals surface area contributed by atoms with Gasteiger partial charge in [0.05, 0.1) is 0 Å². The molecule has 0 bridgehead atoms. The molecule has 1 fully saturated rings. The molecule has 4 heteroatoms. The molecule has 110 valence electrons. The summed E-state index contributed by atoms with van der Waals surface area (Å²) in [4.78, 5) is 4.94. The van der Waals surface area contributed by atoms with Gasteiger partial charge in [-0.05, 0) is 18.7 Å². The van der Waals surface area contributed by atoms with E-state index in [4.69, 9.17) is 4.74 Å². The van der Waals surface area contributed by atoms with E-state index < -0.39 is 0 Å². The summed E-state index contributed by atoms with van der Waals surface area (Å²) in [5, 5.41) is 3.54. The van der Waals surface area contributed by atoms with Gasteiger partial charge in [0, 0.05) is 52.2 Å². The molecule has 1 N–H and O–H groups in total. The van der Waals surface area contributed by atoms with E-state index in [0.717, 1.165) is 31.8 Å². The van der Waals surface area contributed by atoms with Crippen LogP contribution >= 0.6 is 0 Å². The van der Waals surface area contributed by atoms with E-state index in [9.17, 15) is 0 Å². The number of nitrogens with zero attached hydrogens (tertiary/aromatic N) is 2. The van der Waals surface area contributed by atoms with Gasteiger partial charge in [-0.3, -0.25) is 4.90 Å². The summed E-state index contributed by atoms with van der Waals surface area (Å²) in [7, 11) is 2.20. The number of nitrogens with one attached hydrogen (secondary N) is 1. The number of benzene rings is 1. The van der Waals surface area contributed by atoms with Crippen molar-refractivity contribution in [1.82, 2.24) is 15.1 Å². The Balaban J connectivity index is 1.32. The molecule has 1 aromatic carbocycles. The first-order valence-corrected chi connectivity index (χ1v) is 7.67. The van der Waals surface area contributed by atoms with Crippen LogP contribution in [-0.4, -0.2) is 68.8 Å². The van der Waals surface area contributed by atoms with Crippen molar-refractivity contribution in [2.75, 3.05) is 52.9 Å². The fourth-order valence-corrected chi connectivity index (χ4v) is 2.94. The van der Waals surface area contributed by atoms with Crippen molar-refractivity contribution >= 4 is 0 Å². The molecule has 0 spiro atoms. The van der Waals surface area contributed by atoms with Crippen LogP contribution in [-0.2, 0) is 6.42 Å². The molecule has 1 saturated heterocycles. The lowest BCUT2D eigenvalue weighted by Gasteiger charge is -2.32. The summed E-state index contributed by atoms with van der Waals surface area (Å²) in [5.41, 5.74) is 1.35. The Hall–Kier alpha value is -1.10. The molecule has 1 atom stereocenters. The van der Waals surface area contributed by atoms with Crippen LogP contribution in [0.15, 0.2) is 24.3 Å². The molecule has 1 unspecified atom stereocenters. The molecule has 2 heterocycles. The molecule has 0 aromatic heterocycles. The molecule has 2 aliphatic rings. The fourth-order valence-electron chi connectivity index (χ4n) is 2.94. The molecule has 0 amide bonds. The summed E-state index contributed by atoms with van der Waals surface area (Å²) < 4.78 is 5.93. The Morgan fingerprint density at radius 1 is 1.20 bits per heavy atom. The zero-order valence-electron chi connectivity index (χ0n) is 12.3. The van der Waals surface area contributed by atoms with Gasteiger partial charge in [0.2, 0.25) is 0 Å². The Morgan fingerprint density at radius 3 is 2.80 bits per heavy atom. The molecule has 3 rings (SSSR count). The Kier molecular flexibility index (Phi) is 4.55. The minimum Gasteiger partial charge on any atom is -0.488 e. The maximum Gasteiger partial charge on any atom is 0.123 e. The van der Waals surface area contributed by atoms with Crippen molar-refractivity contribution < 1.29 is 4.74 Å². The first kappa shape index (κ1) is 13.9. The summed E-state index contributed by atoms with van der Waals surface area (Å²) in [5.74, 6) is 1.07. The molecule has 1 aromatic rings. The molecule has 0 aliphatic carbocycles. The van der Waals surface area contributed by atoms with E-state index in [1.165, 1.54) is 31.7 Å². The number of ether oxygens (including phenoxy) is 1. The van der Waals surface area contributed by atoms with Gasteiger partial charge in [-0.15, -0.1) is 0 Å². The highest BCUT2D eigenvalue weighted by atomic mass is 16.5. The SMILES string of the molecule is CN1CCN(CCNCC2Cc3ccccc3O2)CC1. The smallest absolute Gasteiger partial charge is 0.123 e. The summed E-state index contributed by atoms with van der Waals surface area (Å²) >= 11 is 0. The second kappa shape index (κ2) is 6.57. The number of hydrogen-bond donors (Lipinski definition) is 1. The maximum atomic E-state index is 5.93. The zero-order chi connectivity index (χ0) is 13.8. The average Bonchev–Trinajstić information content (AvgIpc) is 2.88. The standard InChI is InChI=1S/C16H25N3O/c1-18-8-10-19(11-9-18)7-6-17-13-15-12-14-4-2-3-5-16(14)20-15/h2-5,15,17H,6-13H2,1H3. The quantitative estimate of drug-likeness (QED) is 0.806. The van der Waals surface area contributed by atoms with Crippen molar-refractivity contribution in [3.63, 3.8) is 0 Å². The van der Waals surface area contributed by atoms with Crippen LogP contribution in [0.25, 0.3) is 0 Å². The van der Waals surface area contributed by atoms with Gasteiger partial charge in [-0.2, -0.15) is 0 Å². The van der Waals surface area contributed by atoms with Crippen LogP contribution < -0.4 is 10.1 Å². The average molecular weight is 275 g/mol. The molecular weight excluding hydrogens is 250 g/mol. The van der Waals surface area contributed by atoms with E-state index in [1.807, 2.05) is 6.07 Å². The van der Waals surface area contributed by atoms with Gasteiger partial charge in [-0.1, -0.05) is 18.2 Å². The summed E-state index contributed by atoms with van der Waals surface area (Å²) in [6.07, 6.45) is 1.34. The van der Waals surface area contributed by atoms with Crippen LogP contribution in [0.4, 0.5) is 0 Å². The number of piperazine rings is 1. The number of para-hydroxylation sites is 1. The van der Waals surface area contributed by atoms with Crippen LogP contribution in [0.3, 0.4) is 0 Å². The van der Waals surface area contributed by atoms with Crippen molar-refractivity contribution in [3.05, 3.63) is 29.8 Å². The molecule has 4 nitrogen and oxygen atoms in total. The molecule has 20 heavy (non-hydrogen) atoms. The van der Waals surface area contributed by atoms with Crippen LogP contribution in [0.5, 0.6) is 5.75 Å². The molecular formula is C16H25N3O. The predicted octanol–water partition coefficient (Wildman–Crippen LogP) is 0.827. The zero-order valence-corrected chi connectivity index (χ0v) is 12.3. The second-order valence-corrected chi connectivity index (χ2v) is 5.90. The first-order chi connectivity index (χ1) is 9.81. The fraction of sp³-hybridized carbons (Fsp3) is 0.625. The van der Waals surface area contributed by atoms with Crippen LogP contribution in [0.2, 0.25) is 0 Å². The van der Waals surface area contributed by atoms with Gasteiger partial charge in [0.1, 0.15) is 11.9 Å². The monoisotopic (exact) mass is 275 g/mol.